The molecule has 1 aromatic rings. The van der Waals surface area contributed by atoms with E-state index in [1.807, 2.05) is 0 Å². The molecule has 1 N–H and O–H groups in total. The number of sulfone groups is 1. The third-order valence-electron chi connectivity index (χ3n) is 4.01. The van der Waals surface area contributed by atoms with E-state index in [4.69, 9.17) is 5.11 Å². The fourth-order valence-electron chi connectivity index (χ4n) is 2.90. The fraction of sp³-hybridized carbons (Fsp3) is 0.400. The van der Waals surface area contributed by atoms with Gasteiger partial charge in [0.25, 0.3) is 0 Å². The van der Waals surface area contributed by atoms with E-state index in [1.165, 1.54) is 17.0 Å². The highest BCUT2D eigenvalue weighted by atomic mass is 79.9. The van der Waals surface area contributed by atoms with Gasteiger partial charge < -0.3 is 10.0 Å². The first-order valence-corrected chi connectivity index (χ1v) is 11.1. The number of aliphatic carboxylic acids is 1. The number of aliphatic imine (C=N–C) groups is 1. The average molecular weight is 465 g/mol. The Hall–Kier alpha value is -1.46. The number of amides is 1. The van der Waals surface area contributed by atoms with Crippen molar-refractivity contribution in [3.63, 3.8) is 0 Å². The van der Waals surface area contributed by atoms with Crippen LogP contribution in [0.1, 0.15) is 12.8 Å². The molecule has 2 unspecified atom stereocenters. The number of fused-ring (bicyclic) bond motifs is 1. The number of rotatable bonds is 4. The van der Waals surface area contributed by atoms with Crippen molar-refractivity contribution in [2.75, 3.05) is 16.4 Å². The van der Waals surface area contributed by atoms with Crippen LogP contribution in [0.2, 0.25) is 0 Å². The molecule has 2 aliphatic heterocycles. The summed E-state index contributed by atoms with van der Waals surface area (Å²) < 4.78 is 38.9. The molecular formula is C15H14BrFN2O5S2. The van der Waals surface area contributed by atoms with Crippen LogP contribution in [0.5, 0.6) is 0 Å². The van der Waals surface area contributed by atoms with Crippen LogP contribution in [-0.2, 0) is 19.4 Å². The third kappa shape index (κ3) is 4.09. The molecule has 0 radical (unpaired) electrons. The summed E-state index contributed by atoms with van der Waals surface area (Å²) >= 11 is 4.28. The first-order valence-electron chi connectivity index (χ1n) is 7.61. The molecular weight excluding hydrogens is 451 g/mol. The molecule has 1 amide bonds. The minimum atomic E-state index is -3.25. The largest absolute Gasteiger partial charge is 0.481 e. The Kier molecular flexibility index (Phi) is 5.40. The standard InChI is InChI=1S/C15H14BrFN2O5S2/c16-8-1-2-10(9(17)5-8)19-11-6-26(23,24)7-12(11)25-15(19)18-13(20)3-4-14(21)22/h1-2,5,11-12H,3-4,6-7H2,(H,21,22). The first kappa shape index (κ1) is 19.3. The van der Waals surface area contributed by atoms with E-state index in [0.29, 0.717) is 4.47 Å². The zero-order chi connectivity index (χ0) is 19.1. The van der Waals surface area contributed by atoms with E-state index in [0.717, 1.165) is 11.8 Å². The quantitative estimate of drug-likeness (QED) is 0.726. The Morgan fingerprint density at radius 2 is 2.08 bits per heavy atom. The van der Waals surface area contributed by atoms with E-state index in [1.54, 1.807) is 6.07 Å². The van der Waals surface area contributed by atoms with Crippen LogP contribution in [0.15, 0.2) is 27.7 Å². The SMILES string of the molecule is O=C(O)CCC(=O)N=C1SC2CS(=O)(=O)CC2N1c1ccc(Br)cc1F. The number of benzene rings is 1. The van der Waals surface area contributed by atoms with E-state index in [9.17, 15) is 22.4 Å². The van der Waals surface area contributed by atoms with Gasteiger partial charge in [-0.15, -0.1) is 0 Å². The topological polar surface area (TPSA) is 104 Å². The molecule has 0 saturated carbocycles. The predicted molar refractivity (Wildman–Crippen MR) is 99.7 cm³/mol. The van der Waals surface area contributed by atoms with Crippen molar-refractivity contribution in [2.45, 2.75) is 24.1 Å². The Balaban J connectivity index is 1.96. The van der Waals surface area contributed by atoms with Crippen LogP contribution in [0, 0.1) is 5.82 Å². The Labute approximate surface area is 161 Å². The second-order valence-electron chi connectivity index (χ2n) is 5.95. The molecule has 11 heteroatoms. The van der Waals surface area contributed by atoms with Gasteiger partial charge in [0, 0.05) is 16.1 Å². The molecule has 7 nitrogen and oxygen atoms in total. The van der Waals surface area contributed by atoms with Crippen LogP contribution >= 0.6 is 27.7 Å². The molecule has 2 atom stereocenters. The van der Waals surface area contributed by atoms with Crippen molar-refractivity contribution < 1.29 is 27.5 Å². The van der Waals surface area contributed by atoms with Gasteiger partial charge in [0.15, 0.2) is 15.0 Å². The van der Waals surface area contributed by atoms with Crippen LogP contribution < -0.4 is 4.90 Å². The summed E-state index contributed by atoms with van der Waals surface area (Å²) in [7, 11) is -3.25. The Bertz CT molecular complexity index is 905. The van der Waals surface area contributed by atoms with Gasteiger partial charge in [-0.05, 0) is 18.2 Å². The van der Waals surface area contributed by atoms with Crippen molar-refractivity contribution in [1.82, 2.24) is 0 Å². The van der Waals surface area contributed by atoms with E-state index in [-0.39, 0.29) is 40.5 Å². The minimum absolute atomic E-state index is 0.0701. The maximum absolute atomic E-state index is 14.5. The number of thioether (sulfide) groups is 1. The lowest BCUT2D eigenvalue weighted by Crippen LogP contribution is -2.38. The second kappa shape index (κ2) is 7.28. The second-order valence-corrected chi connectivity index (χ2v) is 10.2. The molecule has 26 heavy (non-hydrogen) atoms. The smallest absolute Gasteiger partial charge is 0.303 e. The van der Waals surface area contributed by atoms with Gasteiger partial charge >= 0.3 is 5.97 Å². The van der Waals surface area contributed by atoms with E-state index in [2.05, 4.69) is 20.9 Å². The molecule has 0 spiro atoms. The number of hydrogen-bond acceptors (Lipinski definition) is 5. The lowest BCUT2D eigenvalue weighted by molar-refractivity contribution is -0.138. The number of carboxylic acids is 1. The zero-order valence-corrected chi connectivity index (χ0v) is 16.5. The lowest BCUT2D eigenvalue weighted by Gasteiger charge is -2.25. The molecule has 1 aromatic carbocycles. The summed E-state index contributed by atoms with van der Waals surface area (Å²) in [5.74, 6) is -2.55. The van der Waals surface area contributed by atoms with E-state index >= 15 is 0 Å². The number of hydrogen-bond donors (Lipinski definition) is 1. The molecule has 0 bridgehead atoms. The van der Waals surface area contributed by atoms with Crippen molar-refractivity contribution in [1.29, 1.82) is 0 Å². The molecule has 3 rings (SSSR count). The van der Waals surface area contributed by atoms with Crippen LogP contribution in [-0.4, -0.2) is 53.4 Å². The predicted octanol–water partition coefficient (Wildman–Crippen LogP) is 2.05. The molecule has 0 aromatic heterocycles. The summed E-state index contributed by atoms with van der Waals surface area (Å²) in [6, 6.07) is 3.83. The maximum Gasteiger partial charge on any atom is 0.303 e. The fourth-order valence-corrected chi connectivity index (χ4v) is 7.16. The van der Waals surface area contributed by atoms with Crippen LogP contribution in [0.3, 0.4) is 0 Å². The number of carboxylic acid groups (broad SMARTS) is 1. The van der Waals surface area contributed by atoms with Gasteiger partial charge in [-0.3, -0.25) is 9.59 Å². The number of halogens is 2. The molecule has 140 valence electrons. The van der Waals surface area contributed by atoms with Crippen LogP contribution in [0.4, 0.5) is 10.1 Å². The number of carbonyl (C=O) groups is 2. The summed E-state index contributed by atoms with van der Waals surface area (Å²) in [5, 5.41) is 8.52. The Morgan fingerprint density at radius 1 is 1.35 bits per heavy atom. The molecule has 2 saturated heterocycles. The van der Waals surface area contributed by atoms with Gasteiger partial charge in [0.05, 0.1) is 29.7 Å². The van der Waals surface area contributed by atoms with Gasteiger partial charge in [-0.2, -0.15) is 4.99 Å². The van der Waals surface area contributed by atoms with Crippen molar-refractivity contribution in [2.24, 2.45) is 4.99 Å². The zero-order valence-electron chi connectivity index (χ0n) is 13.3. The maximum atomic E-state index is 14.5. The summed E-state index contributed by atoms with van der Waals surface area (Å²) in [5.41, 5.74) is 0.134. The monoisotopic (exact) mass is 464 g/mol. The van der Waals surface area contributed by atoms with Gasteiger partial charge in [0.2, 0.25) is 5.91 Å². The average Bonchev–Trinajstić information content (AvgIpc) is 2.97. The minimum Gasteiger partial charge on any atom is -0.481 e. The first-order chi connectivity index (χ1) is 12.2. The number of amidine groups is 1. The number of nitrogens with zero attached hydrogens (tertiary/aromatic N) is 2. The summed E-state index contributed by atoms with van der Waals surface area (Å²) in [6.45, 7) is 0. The highest BCUT2D eigenvalue weighted by molar-refractivity contribution is 9.10. The summed E-state index contributed by atoms with van der Waals surface area (Å²) in [6.07, 6.45) is -0.627. The molecule has 2 heterocycles. The highest BCUT2D eigenvalue weighted by Gasteiger charge is 2.49. The van der Waals surface area contributed by atoms with Gasteiger partial charge in [-0.1, -0.05) is 27.7 Å². The van der Waals surface area contributed by atoms with Crippen molar-refractivity contribution in [3.05, 3.63) is 28.5 Å². The molecule has 0 aliphatic carbocycles. The summed E-state index contributed by atoms with van der Waals surface area (Å²) in [4.78, 5) is 27.9. The van der Waals surface area contributed by atoms with Gasteiger partial charge in [-0.25, -0.2) is 12.8 Å². The van der Waals surface area contributed by atoms with Gasteiger partial charge in [0.1, 0.15) is 5.82 Å². The number of anilines is 1. The third-order valence-corrected chi connectivity index (χ3v) is 7.71. The van der Waals surface area contributed by atoms with E-state index < -0.39 is 33.6 Å². The lowest BCUT2D eigenvalue weighted by atomic mass is 10.2. The highest BCUT2D eigenvalue weighted by Crippen LogP contribution is 2.42. The number of carbonyl (C=O) groups excluding carboxylic acids is 1. The molecule has 2 aliphatic rings. The normalized spacial score (nSPS) is 25.5. The van der Waals surface area contributed by atoms with Crippen molar-refractivity contribution >= 4 is 60.3 Å². The molecule has 2 fully saturated rings. The Morgan fingerprint density at radius 3 is 2.73 bits per heavy atom. The van der Waals surface area contributed by atoms with Crippen LogP contribution in [0.25, 0.3) is 0 Å². The van der Waals surface area contributed by atoms with Crippen molar-refractivity contribution in [3.8, 4) is 0 Å².